The van der Waals surface area contributed by atoms with Gasteiger partial charge in [-0.1, -0.05) is 17.7 Å². The third-order valence-corrected chi connectivity index (χ3v) is 3.21. The Morgan fingerprint density at radius 3 is 2.29 bits per heavy atom. The van der Waals surface area contributed by atoms with Crippen LogP contribution < -0.4 is 20.5 Å². The summed E-state index contributed by atoms with van der Waals surface area (Å²) in [7, 11) is 3.03. The number of methoxy groups -OCH3 is 2. The Bertz CT molecular complexity index is 631. The molecule has 0 radical (unpaired) electrons. The third kappa shape index (κ3) is 3.38. The zero-order valence-electron chi connectivity index (χ0n) is 11.6. The first-order chi connectivity index (χ1) is 10.0. The Labute approximate surface area is 127 Å². The van der Waals surface area contributed by atoms with Gasteiger partial charge < -0.3 is 20.5 Å². The van der Waals surface area contributed by atoms with Crippen LogP contribution in [0.2, 0.25) is 5.02 Å². The predicted molar refractivity (Wildman–Crippen MR) is 83.4 cm³/mol. The molecule has 0 aliphatic heterocycles. The summed E-state index contributed by atoms with van der Waals surface area (Å²) in [6.07, 6.45) is 0. The van der Waals surface area contributed by atoms with E-state index in [0.29, 0.717) is 33.5 Å². The molecule has 0 aliphatic rings. The largest absolute Gasteiger partial charge is 0.497 e. The first-order valence-electron chi connectivity index (χ1n) is 6.13. The number of carbonyl (C=O) groups is 1. The number of nitrogens with one attached hydrogen (secondary N) is 1. The molecule has 0 bridgehead atoms. The minimum absolute atomic E-state index is 0.355. The van der Waals surface area contributed by atoms with Crippen molar-refractivity contribution in [2.24, 2.45) is 0 Å². The molecule has 0 saturated carbocycles. The summed E-state index contributed by atoms with van der Waals surface area (Å²) >= 11 is 6.03. The van der Waals surface area contributed by atoms with E-state index in [0.717, 1.165) is 0 Å². The van der Waals surface area contributed by atoms with Crippen LogP contribution in [0.4, 0.5) is 11.4 Å². The van der Waals surface area contributed by atoms with Gasteiger partial charge in [0.25, 0.3) is 5.91 Å². The molecule has 0 aliphatic carbocycles. The van der Waals surface area contributed by atoms with E-state index in [-0.39, 0.29) is 5.91 Å². The molecule has 2 rings (SSSR count). The molecule has 0 heterocycles. The number of rotatable bonds is 4. The molecule has 0 aromatic heterocycles. The average molecular weight is 307 g/mol. The Morgan fingerprint density at radius 1 is 1.14 bits per heavy atom. The topological polar surface area (TPSA) is 73.6 Å². The number of ether oxygens (including phenoxy) is 2. The van der Waals surface area contributed by atoms with Gasteiger partial charge >= 0.3 is 0 Å². The monoisotopic (exact) mass is 306 g/mol. The quantitative estimate of drug-likeness (QED) is 0.851. The van der Waals surface area contributed by atoms with E-state index in [1.165, 1.54) is 14.2 Å². The lowest BCUT2D eigenvalue weighted by Crippen LogP contribution is -2.14. The van der Waals surface area contributed by atoms with Crippen molar-refractivity contribution in [2.45, 2.75) is 0 Å². The van der Waals surface area contributed by atoms with Gasteiger partial charge in [0.05, 0.1) is 30.6 Å². The van der Waals surface area contributed by atoms with E-state index >= 15 is 0 Å². The highest BCUT2D eigenvalue weighted by Crippen LogP contribution is 2.29. The highest BCUT2D eigenvalue weighted by Gasteiger charge is 2.13. The van der Waals surface area contributed by atoms with Gasteiger partial charge in [0.15, 0.2) is 0 Å². The van der Waals surface area contributed by atoms with Crippen molar-refractivity contribution in [1.29, 1.82) is 0 Å². The summed E-state index contributed by atoms with van der Waals surface area (Å²) in [6.45, 7) is 0. The van der Waals surface area contributed by atoms with Crippen molar-refractivity contribution in [2.75, 3.05) is 25.3 Å². The van der Waals surface area contributed by atoms with Crippen LogP contribution in [0.1, 0.15) is 10.4 Å². The molecule has 6 heteroatoms. The van der Waals surface area contributed by atoms with E-state index < -0.39 is 0 Å². The second-order valence-electron chi connectivity index (χ2n) is 4.26. The molecule has 0 saturated heterocycles. The predicted octanol–water partition coefficient (Wildman–Crippen LogP) is 3.19. The minimum atomic E-state index is -0.355. The van der Waals surface area contributed by atoms with Crippen LogP contribution in [0.3, 0.4) is 0 Å². The maximum atomic E-state index is 12.3. The number of nitrogen functional groups attached to an aromatic ring is 1. The molecule has 3 N–H and O–H groups in total. The third-order valence-electron chi connectivity index (χ3n) is 2.90. The Balaban J connectivity index is 2.32. The van der Waals surface area contributed by atoms with Crippen LogP contribution in [-0.2, 0) is 0 Å². The number of hydrogen-bond donors (Lipinski definition) is 2. The van der Waals surface area contributed by atoms with Crippen LogP contribution in [0.15, 0.2) is 36.4 Å². The minimum Gasteiger partial charge on any atom is -0.497 e. The number of hydrogen-bond acceptors (Lipinski definition) is 4. The number of carbonyl (C=O) groups excluding carboxylic acids is 1. The molecule has 1 amide bonds. The van der Waals surface area contributed by atoms with Crippen molar-refractivity contribution >= 4 is 28.9 Å². The van der Waals surface area contributed by atoms with Gasteiger partial charge in [-0.25, -0.2) is 0 Å². The van der Waals surface area contributed by atoms with Gasteiger partial charge in [0.2, 0.25) is 0 Å². The van der Waals surface area contributed by atoms with Crippen LogP contribution in [-0.4, -0.2) is 20.1 Å². The molecule has 2 aromatic rings. The molecule has 0 unspecified atom stereocenters. The van der Waals surface area contributed by atoms with Crippen LogP contribution in [0.5, 0.6) is 11.5 Å². The molecular weight excluding hydrogens is 292 g/mol. The molecular formula is C15H15ClN2O3. The van der Waals surface area contributed by atoms with Gasteiger partial charge in [0.1, 0.15) is 11.5 Å². The Morgan fingerprint density at radius 2 is 1.76 bits per heavy atom. The van der Waals surface area contributed by atoms with Crippen molar-refractivity contribution in [3.63, 3.8) is 0 Å². The van der Waals surface area contributed by atoms with E-state index in [1.807, 2.05) is 0 Å². The van der Waals surface area contributed by atoms with Gasteiger partial charge in [-0.15, -0.1) is 0 Å². The number of amides is 1. The average Bonchev–Trinajstić information content (AvgIpc) is 2.50. The van der Waals surface area contributed by atoms with Crippen molar-refractivity contribution < 1.29 is 14.3 Å². The first-order valence-corrected chi connectivity index (χ1v) is 6.51. The summed E-state index contributed by atoms with van der Waals surface area (Å²) in [5, 5.41) is 3.06. The number of halogens is 1. The smallest absolute Gasteiger partial charge is 0.256 e. The van der Waals surface area contributed by atoms with Crippen LogP contribution in [0.25, 0.3) is 0 Å². The molecule has 110 valence electrons. The Hall–Kier alpha value is -2.40. The summed E-state index contributed by atoms with van der Waals surface area (Å²) in [5.41, 5.74) is 6.97. The number of para-hydroxylation sites is 1. The second-order valence-corrected chi connectivity index (χ2v) is 4.67. The van der Waals surface area contributed by atoms with Gasteiger partial charge in [-0.2, -0.15) is 0 Å². The SMILES string of the molecule is COc1cc(OC)cc(C(=O)Nc2c(N)cccc2Cl)c1. The lowest BCUT2D eigenvalue weighted by Gasteiger charge is -2.11. The normalized spacial score (nSPS) is 10.0. The molecule has 2 aromatic carbocycles. The highest BCUT2D eigenvalue weighted by atomic mass is 35.5. The fourth-order valence-electron chi connectivity index (χ4n) is 1.80. The standard InChI is InChI=1S/C15H15ClN2O3/c1-20-10-6-9(7-11(8-10)21-2)15(19)18-14-12(16)4-3-5-13(14)17/h3-8H,17H2,1-2H3,(H,18,19). The number of anilines is 2. The molecule has 0 spiro atoms. The molecule has 21 heavy (non-hydrogen) atoms. The fourth-order valence-corrected chi connectivity index (χ4v) is 2.03. The maximum absolute atomic E-state index is 12.3. The lowest BCUT2D eigenvalue weighted by molar-refractivity contribution is 0.102. The highest BCUT2D eigenvalue weighted by molar-refractivity contribution is 6.34. The zero-order valence-corrected chi connectivity index (χ0v) is 12.4. The van der Waals surface area contributed by atoms with Crippen LogP contribution in [0, 0.1) is 0 Å². The van der Waals surface area contributed by atoms with Gasteiger partial charge in [-0.05, 0) is 24.3 Å². The van der Waals surface area contributed by atoms with Crippen molar-refractivity contribution in [3.8, 4) is 11.5 Å². The zero-order chi connectivity index (χ0) is 15.4. The molecule has 0 atom stereocenters. The first kappa shape index (κ1) is 15.0. The van der Waals surface area contributed by atoms with Crippen molar-refractivity contribution in [3.05, 3.63) is 47.0 Å². The number of benzene rings is 2. The summed E-state index contributed by atoms with van der Waals surface area (Å²) in [5.74, 6) is 0.685. The van der Waals surface area contributed by atoms with Crippen LogP contribution >= 0.6 is 11.6 Å². The van der Waals surface area contributed by atoms with Gasteiger partial charge in [-0.3, -0.25) is 4.79 Å². The summed E-state index contributed by atoms with van der Waals surface area (Å²) in [4.78, 5) is 12.3. The van der Waals surface area contributed by atoms with Gasteiger partial charge in [0, 0.05) is 11.6 Å². The van der Waals surface area contributed by atoms with Crippen molar-refractivity contribution in [1.82, 2.24) is 0 Å². The van der Waals surface area contributed by atoms with E-state index in [9.17, 15) is 4.79 Å². The molecule has 0 fully saturated rings. The maximum Gasteiger partial charge on any atom is 0.256 e. The van der Waals surface area contributed by atoms with E-state index in [4.69, 9.17) is 26.8 Å². The fraction of sp³-hybridized carbons (Fsp3) is 0.133. The second kappa shape index (κ2) is 6.37. The summed E-state index contributed by atoms with van der Waals surface area (Å²) < 4.78 is 10.3. The summed E-state index contributed by atoms with van der Waals surface area (Å²) in [6, 6.07) is 9.91. The Kier molecular flexibility index (Phi) is 4.55. The van der Waals surface area contributed by atoms with E-state index in [2.05, 4.69) is 5.32 Å². The molecule has 5 nitrogen and oxygen atoms in total. The lowest BCUT2D eigenvalue weighted by atomic mass is 10.1. The van der Waals surface area contributed by atoms with E-state index in [1.54, 1.807) is 36.4 Å². The number of nitrogens with two attached hydrogens (primary N) is 1.